The summed E-state index contributed by atoms with van der Waals surface area (Å²) >= 11 is 5.57. The van der Waals surface area contributed by atoms with Crippen molar-refractivity contribution in [3.63, 3.8) is 0 Å². The molecule has 11 heavy (non-hydrogen) atoms. The maximum absolute atomic E-state index is 10.8. The van der Waals surface area contributed by atoms with Crippen molar-refractivity contribution in [2.24, 2.45) is 0 Å². The van der Waals surface area contributed by atoms with Gasteiger partial charge in [0, 0.05) is 5.88 Å². The van der Waals surface area contributed by atoms with Crippen LogP contribution in [0.4, 0.5) is 4.79 Å². The van der Waals surface area contributed by atoms with Crippen molar-refractivity contribution in [3.05, 3.63) is 0 Å². The van der Waals surface area contributed by atoms with Crippen molar-refractivity contribution in [2.45, 2.75) is 26.3 Å². The number of carbonyl (C=O) groups is 1. The van der Waals surface area contributed by atoms with E-state index in [4.69, 9.17) is 11.6 Å². The van der Waals surface area contributed by atoms with Gasteiger partial charge in [-0.05, 0) is 20.8 Å². The van der Waals surface area contributed by atoms with Crippen molar-refractivity contribution in [3.8, 4) is 0 Å². The molecule has 66 valence electrons. The molecule has 0 aromatic carbocycles. The second-order valence-electron chi connectivity index (χ2n) is 2.86. The van der Waals surface area contributed by atoms with E-state index in [2.05, 4.69) is 10.1 Å². The van der Waals surface area contributed by atoms with Gasteiger partial charge in [-0.3, -0.25) is 0 Å². The molecule has 0 aliphatic carbocycles. The fourth-order valence-electron chi connectivity index (χ4n) is 0.477. The lowest BCUT2D eigenvalue weighted by Crippen LogP contribution is -2.45. The molecular formula is C7H14ClNO2. The maximum atomic E-state index is 10.8. The van der Waals surface area contributed by atoms with Crippen LogP contribution in [0, 0.1) is 0 Å². The molecule has 0 rings (SSSR count). The molecular weight excluding hydrogens is 166 g/mol. The topological polar surface area (TPSA) is 38.3 Å². The Hall–Kier alpha value is -0.440. The van der Waals surface area contributed by atoms with Crippen LogP contribution in [0.2, 0.25) is 0 Å². The minimum Gasteiger partial charge on any atom is -0.450 e. The fourth-order valence-corrected chi connectivity index (χ4v) is 0.544. The van der Waals surface area contributed by atoms with Gasteiger partial charge >= 0.3 is 6.09 Å². The molecule has 0 saturated heterocycles. The molecule has 3 nitrogen and oxygen atoms in total. The smallest absolute Gasteiger partial charge is 0.407 e. The predicted molar refractivity (Wildman–Crippen MR) is 45.0 cm³/mol. The van der Waals surface area contributed by atoms with Gasteiger partial charge in [-0.15, -0.1) is 11.6 Å². The van der Waals surface area contributed by atoms with Crippen molar-refractivity contribution < 1.29 is 9.53 Å². The second-order valence-corrected chi connectivity index (χ2v) is 3.13. The molecule has 0 atom stereocenters. The van der Waals surface area contributed by atoms with E-state index in [1.165, 1.54) is 0 Å². The normalized spacial score (nSPS) is 10.9. The first-order valence-electron chi connectivity index (χ1n) is 3.52. The van der Waals surface area contributed by atoms with Crippen LogP contribution in [0.25, 0.3) is 0 Å². The van der Waals surface area contributed by atoms with Gasteiger partial charge in [0.05, 0.1) is 12.1 Å². The number of alkyl halides is 1. The zero-order valence-electron chi connectivity index (χ0n) is 7.11. The third-order valence-electron chi connectivity index (χ3n) is 1.05. The van der Waals surface area contributed by atoms with Gasteiger partial charge < -0.3 is 10.1 Å². The summed E-state index contributed by atoms with van der Waals surface area (Å²) in [7, 11) is 0. The number of carbonyl (C=O) groups excluding carboxylic acids is 1. The lowest BCUT2D eigenvalue weighted by atomic mass is 10.1. The van der Waals surface area contributed by atoms with Crippen LogP contribution in [0.3, 0.4) is 0 Å². The van der Waals surface area contributed by atoms with E-state index >= 15 is 0 Å². The summed E-state index contributed by atoms with van der Waals surface area (Å²) in [5.74, 6) is 0.367. The van der Waals surface area contributed by atoms with Crippen LogP contribution >= 0.6 is 11.6 Å². The second kappa shape index (κ2) is 4.44. The van der Waals surface area contributed by atoms with Crippen molar-refractivity contribution in [1.29, 1.82) is 0 Å². The number of hydrogen-bond acceptors (Lipinski definition) is 2. The summed E-state index contributed by atoms with van der Waals surface area (Å²) < 4.78 is 4.67. The first kappa shape index (κ1) is 10.6. The summed E-state index contributed by atoms with van der Waals surface area (Å²) in [5, 5.41) is 2.61. The number of hydrogen-bond donors (Lipinski definition) is 1. The van der Waals surface area contributed by atoms with E-state index in [1.54, 1.807) is 6.92 Å². The molecule has 0 bridgehead atoms. The number of alkyl carbamates (subject to hydrolysis) is 1. The maximum Gasteiger partial charge on any atom is 0.407 e. The molecule has 0 heterocycles. The third-order valence-corrected chi connectivity index (χ3v) is 1.72. The predicted octanol–water partition coefficient (Wildman–Crippen LogP) is 1.75. The Morgan fingerprint density at radius 1 is 1.64 bits per heavy atom. The molecule has 0 aliphatic heterocycles. The number of nitrogens with one attached hydrogen (secondary N) is 1. The molecule has 1 N–H and O–H groups in total. The lowest BCUT2D eigenvalue weighted by Gasteiger charge is -2.22. The van der Waals surface area contributed by atoms with Crippen molar-refractivity contribution >= 4 is 17.7 Å². The Labute approximate surface area is 72.1 Å². The standard InChI is InChI=1S/C7H14ClNO2/c1-4-11-6(10)9-7(2,3)5-8/h4-5H2,1-3H3,(H,9,10). The van der Waals surface area contributed by atoms with Gasteiger partial charge in [0.25, 0.3) is 0 Å². The van der Waals surface area contributed by atoms with E-state index in [1.807, 2.05) is 13.8 Å². The monoisotopic (exact) mass is 179 g/mol. The van der Waals surface area contributed by atoms with Gasteiger partial charge in [-0.1, -0.05) is 0 Å². The van der Waals surface area contributed by atoms with Crippen LogP contribution in [0.15, 0.2) is 0 Å². The molecule has 0 aliphatic rings. The Bertz CT molecular complexity index is 136. The van der Waals surface area contributed by atoms with Gasteiger partial charge in [0.15, 0.2) is 0 Å². The number of rotatable bonds is 3. The fraction of sp³-hybridized carbons (Fsp3) is 0.857. The number of halogens is 1. The van der Waals surface area contributed by atoms with Crippen LogP contribution in [-0.2, 0) is 4.74 Å². The first-order valence-corrected chi connectivity index (χ1v) is 4.06. The average molecular weight is 180 g/mol. The Morgan fingerprint density at radius 3 is 2.55 bits per heavy atom. The van der Waals surface area contributed by atoms with Gasteiger partial charge in [-0.25, -0.2) is 4.79 Å². The summed E-state index contributed by atoms with van der Waals surface area (Å²) in [6, 6.07) is 0. The summed E-state index contributed by atoms with van der Waals surface area (Å²) in [6.07, 6.45) is -0.418. The largest absolute Gasteiger partial charge is 0.450 e. The minimum absolute atomic E-state index is 0.367. The zero-order valence-corrected chi connectivity index (χ0v) is 7.86. The Kier molecular flexibility index (Phi) is 4.26. The van der Waals surface area contributed by atoms with E-state index in [0.29, 0.717) is 12.5 Å². The molecule has 0 saturated carbocycles. The van der Waals surface area contributed by atoms with E-state index in [-0.39, 0.29) is 0 Å². The molecule has 0 spiro atoms. The van der Waals surface area contributed by atoms with Crippen LogP contribution < -0.4 is 5.32 Å². The molecule has 0 unspecified atom stereocenters. The summed E-state index contributed by atoms with van der Waals surface area (Å²) in [6.45, 7) is 5.80. The summed E-state index contributed by atoms with van der Waals surface area (Å²) in [5.41, 5.74) is -0.395. The highest BCUT2D eigenvalue weighted by molar-refractivity contribution is 6.18. The molecule has 4 heteroatoms. The van der Waals surface area contributed by atoms with Crippen molar-refractivity contribution in [1.82, 2.24) is 5.32 Å². The molecule has 0 aromatic heterocycles. The zero-order chi connectivity index (χ0) is 8.91. The average Bonchev–Trinajstić information content (AvgIpc) is 1.87. The highest BCUT2D eigenvalue weighted by Gasteiger charge is 2.19. The minimum atomic E-state index is -0.418. The quantitative estimate of drug-likeness (QED) is 0.671. The van der Waals surface area contributed by atoms with Gasteiger partial charge in [-0.2, -0.15) is 0 Å². The molecule has 0 radical (unpaired) electrons. The SMILES string of the molecule is CCOC(=O)NC(C)(C)CCl. The Balaban J connectivity index is 3.74. The molecule has 0 fully saturated rings. The Morgan fingerprint density at radius 2 is 2.18 bits per heavy atom. The highest BCUT2D eigenvalue weighted by Crippen LogP contribution is 2.04. The first-order chi connectivity index (χ1) is 5.02. The highest BCUT2D eigenvalue weighted by atomic mass is 35.5. The van der Waals surface area contributed by atoms with E-state index in [0.717, 1.165) is 0 Å². The summed E-state index contributed by atoms with van der Waals surface area (Å²) in [4.78, 5) is 10.8. The third kappa shape index (κ3) is 4.90. The van der Waals surface area contributed by atoms with E-state index in [9.17, 15) is 4.79 Å². The van der Waals surface area contributed by atoms with Crippen LogP contribution in [0.5, 0.6) is 0 Å². The van der Waals surface area contributed by atoms with Crippen LogP contribution in [-0.4, -0.2) is 24.1 Å². The lowest BCUT2D eigenvalue weighted by molar-refractivity contribution is 0.143. The number of amides is 1. The van der Waals surface area contributed by atoms with E-state index < -0.39 is 11.6 Å². The molecule has 1 amide bonds. The van der Waals surface area contributed by atoms with Crippen molar-refractivity contribution in [2.75, 3.05) is 12.5 Å². The number of ether oxygens (including phenoxy) is 1. The van der Waals surface area contributed by atoms with Gasteiger partial charge in [0.2, 0.25) is 0 Å². The molecule has 0 aromatic rings. The van der Waals surface area contributed by atoms with Crippen LogP contribution in [0.1, 0.15) is 20.8 Å². The van der Waals surface area contributed by atoms with Gasteiger partial charge in [0.1, 0.15) is 0 Å².